The average Bonchev–Trinajstić information content (AvgIpc) is 3.32. The first-order chi connectivity index (χ1) is 15.3. The van der Waals surface area contributed by atoms with Crippen LogP contribution in [0.4, 0.5) is 11.4 Å². The van der Waals surface area contributed by atoms with Gasteiger partial charge in [0.15, 0.2) is 0 Å². The quantitative estimate of drug-likeness (QED) is 0.360. The Morgan fingerprint density at radius 1 is 1.00 bits per heavy atom. The molecule has 0 saturated carbocycles. The van der Waals surface area contributed by atoms with Crippen LogP contribution in [-0.2, 0) is 0 Å². The van der Waals surface area contributed by atoms with Crippen molar-refractivity contribution in [2.24, 2.45) is 10.9 Å². The molecule has 0 unspecified atom stereocenters. The van der Waals surface area contributed by atoms with Gasteiger partial charge in [-0.3, -0.25) is 4.99 Å². The van der Waals surface area contributed by atoms with E-state index in [1.54, 1.807) is 6.08 Å². The normalized spacial score (nSPS) is 21.4. The van der Waals surface area contributed by atoms with Crippen molar-refractivity contribution in [2.45, 2.75) is 18.4 Å². The van der Waals surface area contributed by atoms with Crippen LogP contribution in [0.25, 0.3) is 0 Å². The van der Waals surface area contributed by atoms with Crippen molar-refractivity contribution in [2.75, 3.05) is 11.9 Å². The van der Waals surface area contributed by atoms with Crippen LogP contribution in [0.1, 0.15) is 35.1 Å². The summed E-state index contributed by atoms with van der Waals surface area (Å²) in [7, 11) is 0. The number of nitrogens with zero attached hydrogens (tertiary/aromatic N) is 1. The molecule has 0 radical (unpaired) electrons. The van der Waals surface area contributed by atoms with Crippen LogP contribution in [0.2, 0.25) is 0 Å². The number of rotatable bonds is 6. The molecule has 3 heteroatoms. The third-order valence-corrected chi connectivity index (χ3v) is 6.15. The second-order valence-electron chi connectivity index (χ2n) is 8.05. The largest absolute Gasteiger partial charge is 0.489 e. The van der Waals surface area contributed by atoms with Gasteiger partial charge in [0.2, 0.25) is 0 Å². The van der Waals surface area contributed by atoms with E-state index in [0.717, 1.165) is 23.4 Å². The van der Waals surface area contributed by atoms with Crippen molar-refractivity contribution in [1.82, 2.24) is 0 Å². The lowest BCUT2D eigenvalue weighted by atomic mass is 9.77. The highest BCUT2D eigenvalue weighted by Gasteiger charge is 2.37. The lowest BCUT2D eigenvalue weighted by molar-refractivity contribution is 0.363. The van der Waals surface area contributed by atoms with E-state index in [1.807, 2.05) is 30.5 Å². The highest BCUT2D eigenvalue weighted by atomic mass is 16.5. The zero-order valence-corrected chi connectivity index (χ0v) is 17.4. The maximum absolute atomic E-state index is 5.72. The maximum Gasteiger partial charge on any atom is 0.128 e. The molecule has 0 amide bonds. The Labute approximate surface area is 183 Å². The first-order valence-electron chi connectivity index (χ1n) is 10.8. The van der Waals surface area contributed by atoms with Crippen LogP contribution in [-0.4, -0.2) is 12.8 Å². The predicted molar refractivity (Wildman–Crippen MR) is 129 cm³/mol. The van der Waals surface area contributed by atoms with Gasteiger partial charge in [0.25, 0.3) is 0 Å². The molecule has 3 aromatic rings. The number of nitrogens with one attached hydrogen (secondary N) is 1. The molecule has 1 N–H and O–H groups in total. The molecule has 3 aromatic carbocycles. The highest BCUT2D eigenvalue weighted by molar-refractivity contribution is 5.85. The van der Waals surface area contributed by atoms with Crippen molar-refractivity contribution in [3.63, 3.8) is 0 Å². The molecule has 0 spiro atoms. The average molecular weight is 407 g/mol. The van der Waals surface area contributed by atoms with Gasteiger partial charge in [-0.1, -0.05) is 67.3 Å². The topological polar surface area (TPSA) is 33.6 Å². The first kappa shape index (κ1) is 19.4. The van der Waals surface area contributed by atoms with Gasteiger partial charge in [0, 0.05) is 23.4 Å². The van der Waals surface area contributed by atoms with E-state index in [-0.39, 0.29) is 0 Å². The van der Waals surface area contributed by atoms with E-state index in [2.05, 4.69) is 77.6 Å². The molecular weight excluding hydrogens is 380 g/mol. The van der Waals surface area contributed by atoms with E-state index >= 15 is 0 Å². The molecule has 0 fully saturated rings. The van der Waals surface area contributed by atoms with Gasteiger partial charge in [0.1, 0.15) is 12.4 Å². The van der Waals surface area contributed by atoms with Crippen LogP contribution in [0.5, 0.6) is 5.75 Å². The standard InChI is InChI=1S/C28H26N2O/c1-2-18-31-27-13-6-3-8-21(27)19-29-22-16-14-20(15-17-22)28-25-11-7-10-23(25)24-9-4-5-12-26(24)30-28/h2-10,12-17,19,23,25,28,30H,1,11,18H2/t23-,25+,28-/m0/s1. The van der Waals surface area contributed by atoms with Crippen LogP contribution >= 0.6 is 0 Å². The van der Waals surface area contributed by atoms with Crippen molar-refractivity contribution in [1.29, 1.82) is 0 Å². The van der Waals surface area contributed by atoms with Crippen molar-refractivity contribution < 1.29 is 4.74 Å². The second kappa shape index (κ2) is 8.65. The molecule has 0 saturated heterocycles. The first-order valence-corrected chi connectivity index (χ1v) is 10.8. The van der Waals surface area contributed by atoms with Crippen LogP contribution in [0.3, 0.4) is 0 Å². The Hall–Kier alpha value is -3.59. The molecule has 5 rings (SSSR count). The lowest BCUT2D eigenvalue weighted by Crippen LogP contribution is -2.28. The molecule has 2 aliphatic rings. The van der Waals surface area contributed by atoms with E-state index < -0.39 is 0 Å². The summed E-state index contributed by atoms with van der Waals surface area (Å²) >= 11 is 0. The molecule has 31 heavy (non-hydrogen) atoms. The summed E-state index contributed by atoms with van der Waals surface area (Å²) in [5, 5.41) is 3.79. The molecule has 3 nitrogen and oxygen atoms in total. The van der Waals surface area contributed by atoms with Gasteiger partial charge in [-0.25, -0.2) is 0 Å². The number of aliphatic imine (C=N–C) groups is 1. The number of hydrogen-bond donors (Lipinski definition) is 1. The van der Waals surface area contributed by atoms with Crippen LogP contribution < -0.4 is 10.1 Å². The summed E-state index contributed by atoms with van der Waals surface area (Å²) in [5.41, 5.74) is 5.86. The summed E-state index contributed by atoms with van der Waals surface area (Å²) in [6.45, 7) is 4.19. The van der Waals surface area contributed by atoms with Gasteiger partial charge >= 0.3 is 0 Å². The molecule has 0 bridgehead atoms. The monoisotopic (exact) mass is 406 g/mol. The van der Waals surface area contributed by atoms with Gasteiger partial charge in [-0.15, -0.1) is 0 Å². The minimum atomic E-state index is 0.306. The van der Waals surface area contributed by atoms with Gasteiger partial charge in [-0.2, -0.15) is 0 Å². The smallest absolute Gasteiger partial charge is 0.128 e. The molecule has 3 atom stereocenters. The van der Waals surface area contributed by atoms with Crippen molar-refractivity contribution in [3.05, 3.63) is 114 Å². The number of hydrogen-bond acceptors (Lipinski definition) is 3. The third kappa shape index (κ3) is 3.91. The van der Waals surface area contributed by atoms with E-state index in [4.69, 9.17) is 4.74 Å². The number of para-hydroxylation sites is 2. The summed E-state index contributed by atoms with van der Waals surface area (Å²) < 4.78 is 5.72. The minimum absolute atomic E-state index is 0.306. The molecule has 154 valence electrons. The summed E-state index contributed by atoms with van der Waals surface area (Å²) in [6, 6.07) is 25.5. The molecule has 0 aromatic heterocycles. The van der Waals surface area contributed by atoms with Gasteiger partial charge < -0.3 is 10.1 Å². The second-order valence-corrected chi connectivity index (χ2v) is 8.05. The Balaban J connectivity index is 1.35. The Kier molecular flexibility index (Phi) is 5.40. The zero-order chi connectivity index (χ0) is 21.0. The van der Waals surface area contributed by atoms with E-state index in [9.17, 15) is 0 Å². The lowest BCUT2D eigenvalue weighted by Gasteiger charge is -2.37. The summed E-state index contributed by atoms with van der Waals surface area (Å²) in [6.07, 6.45) is 9.42. The van der Waals surface area contributed by atoms with Crippen molar-refractivity contribution >= 4 is 17.6 Å². The number of allylic oxidation sites excluding steroid dienone is 2. The number of fused-ring (bicyclic) bond motifs is 3. The highest BCUT2D eigenvalue weighted by Crippen LogP contribution is 2.49. The third-order valence-electron chi connectivity index (χ3n) is 6.15. The van der Waals surface area contributed by atoms with E-state index in [0.29, 0.717) is 24.5 Å². The maximum atomic E-state index is 5.72. The zero-order valence-electron chi connectivity index (χ0n) is 17.4. The van der Waals surface area contributed by atoms with Gasteiger partial charge in [-0.05, 0) is 53.8 Å². The molecule has 1 heterocycles. The van der Waals surface area contributed by atoms with E-state index in [1.165, 1.54) is 16.8 Å². The minimum Gasteiger partial charge on any atom is -0.489 e. The van der Waals surface area contributed by atoms with Crippen LogP contribution in [0, 0.1) is 5.92 Å². The predicted octanol–water partition coefficient (Wildman–Crippen LogP) is 6.83. The Morgan fingerprint density at radius 3 is 2.68 bits per heavy atom. The Bertz CT molecular complexity index is 1130. The number of benzene rings is 3. The van der Waals surface area contributed by atoms with Gasteiger partial charge in [0.05, 0.1) is 11.7 Å². The Morgan fingerprint density at radius 2 is 1.81 bits per heavy atom. The number of anilines is 1. The fraction of sp³-hybridized carbons (Fsp3) is 0.179. The molecule has 1 aliphatic heterocycles. The summed E-state index contributed by atoms with van der Waals surface area (Å²) in [5.74, 6) is 1.86. The molecule has 1 aliphatic carbocycles. The number of ether oxygens (including phenoxy) is 1. The fourth-order valence-electron chi connectivity index (χ4n) is 4.65. The van der Waals surface area contributed by atoms with Crippen molar-refractivity contribution in [3.8, 4) is 5.75 Å². The molecular formula is C28H26N2O. The SMILES string of the molecule is C=CCOc1ccccc1C=Nc1ccc([C@@H]2Nc3ccccc3[C@@H]3C=CC[C@H]32)cc1. The van der Waals surface area contributed by atoms with Crippen LogP contribution in [0.15, 0.2) is 103 Å². The summed E-state index contributed by atoms with van der Waals surface area (Å²) in [4.78, 5) is 4.67. The fourth-order valence-corrected chi connectivity index (χ4v) is 4.65.